The lowest BCUT2D eigenvalue weighted by atomic mass is 9.96. The van der Waals surface area contributed by atoms with Crippen LogP contribution in [0.4, 0.5) is 11.4 Å². The van der Waals surface area contributed by atoms with E-state index in [9.17, 15) is 9.59 Å². The van der Waals surface area contributed by atoms with Crippen molar-refractivity contribution in [3.8, 4) is 0 Å². The number of fused-ring (bicyclic) bond motifs is 1. The van der Waals surface area contributed by atoms with Crippen molar-refractivity contribution in [1.82, 2.24) is 14.8 Å². The number of nitrogens with one attached hydrogen (secondary N) is 1. The first-order chi connectivity index (χ1) is 14.4. The Morgan fingerprint density at radius 1 is 1.07 bits per heavy atom. The Hall–Kier alpha value is -3.13. The van der Waals surface area contributed by atoms with Gasteiger partial charge in [-0.15, -0.1) is 10.2 Å². The number of hydrogen-bond acceptors (Lipinski definition) is 5. The molecule has 7 nitrogen and oxygen atoms in total. The number of nitrogens with zero attached hydrogens (tertiary/aromatic N) is 4. The van der Waals surface area contributed by atoms with E-state index in [2.05, 4.69) is 15.5 Å². The molecule has 3 aromatic rings. The van der Waals surface area contributed by atoms with Gasteiger partial charge in [0.1, 0.15) is 11.4 Å². The van der Waals surface area contributed by atoms with Gasteiger partial charge in [0.15, 0.2) is 5.16 Å². The summed E-state index contributed by atoms with van der Waals surface area (Å²) in [6, 6.07) is 17.4. The molecule has 30 heavy (non-hydrogen) atoms. The molecule has 0 radical (unpaired) electrons. The van der Waals surface area contributed by atoms with E-state index in [4.69, 9.17) is 0 Å². The second kappa shape index (κ2) is 7.95. The summed E-state index contributed by atoms with van der Waals surface area (Å²) in [5.41, 5.74) is 1.52. The smallest absolute Gasteiger partial charge is 0.250 e. The van der Waals surface area contributed by atoms with Crippen LogP contribution in [0.1, 0.15) is 25.2 Å². The molecule has 0 saturated heterocycles. The quantitative estimate of drug-likeness (QED) is 0.640. The predicted octanol–water partition coefficient (Wildman–Crippen LogP) is 3.26. The van der Waals surface area contributed by atoms with Crippen molar-refractivity contribution in [2.24, 2.45) is 7.05 Å². The average Bonchev–Trinajstić information content (AvgIpc) is 3.07. The van der Waals surface area contributed by atoms with Crippen LogP contribution in [0.15, 0.2) is 59.8 Å². The van der Waals surface area contributed by atoms with Crippen molar-refractivity contribution in [3.63, 3.8) is 0 Å². The van der Waals surface area contributed by atoms with Gasteiger partial charge in [0, 0.05) is 13.5 Å². The number of aromatic nitrogens is 3. The lowest BCUT2D eigenvalue weighted by molar-refractivity contribution is -0.125. The van der Waals surface area contributed by atoms with Crippen molar-refractivity contribution in [1.29, 1.82) is 0 Å². The molecule has 154 valence electrons. The Kier molecular flexibility index (Phi) is 5.34. The number of anilines is 2. The molecule has 8 heteroatoms. The van der Waals surface area contributed by atoms with Crippen LogP contribution >= 0.6 is 11.8 Å². The number of rotatable bonds is 5. The van der Waals surface area contributed by atoms with Gasteiger partial charge in [-0.2, -0.15) is 0 Å². The summed E-state index contributed by atoms with van der Waals surface area (Å²) in [5.74, 6) is 0.630. The van der Waals surface area contributed by atoms with E-state index in [0.29, 0.717) is 23.0 Å². The average molecular weight is 422 g/mol. The summed E-state index contributed by atoms with van der Waals surface area (Å²) in [6.45, 7) is 3.50. The molecule has 0 bridgehead atoms. The Bertz CT molecular complexity index is 1090. The van der Waals surface area contributed by atoms with Crippen LogP contribution < -0.4 is 10.2 Å². The standard InChI is InChI=1S/C22H23N5O2S/c1-22(2)20(29)23-16-11-7-8-12-17(16)27(22)19(28)14-30-21-25-24-18(26(21)3)13-15-9-5-4-6-10-15/h4-12H,13-14H2,1-3H3,(H,23,29). The molecule has 2 aromatic carbocycles. The first kappa shape index (κ1) is 20.2. The van der Waals surface area contributed by atoms with E-state index >= 15 is 0 Å². The normalized spacial score (nSPS) is 14.9. The van der Waals surface area contributed by atoms with Gasteiger partial charge in [0.25, 0.3) is 0 Å². The van der Waals surface area contributed by atoms with E-state index in [1.807, 2.05) is 60.1 Å². The van der Waals surface area contributed by atoms with E-state index in [1.165, 1.54) is 11.8 Å². The highest BCUT2D eigenvalue weighted by Gasteiger charge is 2.43. The van der Waals surface area contributed by atoms with Crippen molar-refractivity contribution >= 4 is 35.0 Å². The number of para-hydroxylation sites is 2. The molecule has 1 aliphatic rings. The molecule has 0 fully saturated rings. The van der Waals surface area contributed by atoms with Gasteiger partial charge in [-0.25, -0.2) is 0 Å². The molecule has 1 aromatic heterocycles. The second-order valence-corrected chi connectivity index (χ2v) is 8.61. The number of hydrogen-bond donors (Lipinski definition) is 1. The predicted molar refractivity (Wildman–Crippen MR) is 118 cm³/mol. The van der Waals surface area contributed by atoms with Gasteiger partial charge in [-0.1, -0.05) is 54.2 Å². The maximum atomic E-state index is 13.2. The van der Waals surface area contributed by atoms with Crippen LogP contribution in [0.5, 0.6) is 0 Å². The SMILES string of the molecule is Cn1c(Cc2ccccc2)nnc1SCC(=O)N1c2ccccc2NC(=O)C1(C)C. The van der Waals surface area contributed by atoms with Gasteiger partial charge in [0.05, 0.1) is 17.1 Å². The lowest BCUT2D eigenvalue weighted by Gasteiger charge is -2.42. The van der Waals surface area contributed by atoms with Crippen LogP contribution in [-0.4, -0.2) is 37.9 Å². The molecule has 1 aliphatic heterocycles. The zero-order valence-electron chi connectivity index (χ0n) is 17.1. The number of thioether (sulfide) groups is 1. The number of carbonyl (C=O) groups is 2. The molecule has 0 saturated carbocycles. The van der Waals surface area contributed by atoms with E-state index in [1.54, 1.807) is 24.8 Å². The second-order valence-electron chi connectivity index (χ2n) is 7.67. The molecule has 0 atom stereocenters. The minimum atomic E-state index is -0.982. The Morgan fingerprint density at radius 2 is 1.77 bits per heavy atom. The molecule has 2 amide bonds. The maximum absolute atomic E-state index is 13.2. The highest BCUT2D eigenvalue weighted by molar-refractivity contribution is 7.99. The summed E-state index contributed by atoms with van der Waals surface area (Å²) in [5, 5.41) is 12.1. The van der Waals surface area contributed by atoms with Gasteiger partial charge < -0.3 is 9.88 Å². The topological polar surface area (TPSA) is 80.1 Å². The zero-order valence-corrected chi connectivity index (χ0v) is 17.9. The molecule has 0 spiro atoms. The van der Waals surface area contributed by atoms with Gasteiger partial charge >= 0.3 is 0 Å². The third-order valence-electron chi connectivity index (χ3n) is 5.21. The summed E-state index contributed by atoms with van der Waals surface area (Å²) < 4.78 is 1.91. The van der Waals surface area contributed by atoms with Crippen molar-refractivity contribution in [3.05, 3.63) is 66.0 Å². The van der Waals surface area contributed by atoms with Crippen LogP contribution in [0, 0.1) is 0 Å². The molecule has 4 rings (SSSR count). The lowest BCUT2D eigenvalue weighted by Crippen LogP contribution is -2.59. The van der Waals surface area contributed by atoms with Crippen molar-refractivity contribution in [2.45, 2.75) is 31.0 Å². The molecular formula is C22H23N5O2S. The highest BCUT2D eigenvalue weighted by atomic mass is 32.2. The monoisotopic (exact) mass is 421 g/mol. The minimum absolute atomic E-state index is 0.153. The number of carbonyl (C=O) groups excluding carboxylic acids is 2. The third-order valence-corrected chi connectivity index (χ3v) is 6.22. The van der Waals surface area contributed by atoms with Crippen LogP contribution in [0.25, 0.3) is 0 Å². The molecule has 2 heterocycles. The van der Waals surface area contributed by atoms with Gasteiger partial charge in [-0.3, -0.25) is 14.5 Å². The third kappa shape index (κ3) is 3.70. The van der Waals surface area contributed by atoms with Crippen molar-refractivity contribution < 1.29 is 9.59 Å². The zero-order chi connectivity index (χ0) is 21.3. The summed E-state index contributed by atoms with van der Waals surface area (Å²) in [6.07, 6.45) is 0.672. The maximum Gasteiger partial charge on any atom is 0.250 e. The summed E-state index contributed by atoms with van der Waals surface area (Å²) in [4.78, 5) is 27.3. The van der Waals surface area contributed by atoms with E-state index < -0.39 is 5.54 Å². The first-order valence-corrected chi connectivity index (χ1v) is 10.6. The molecule has 1 N–H and O–H groups in total. The van der Waals surface area contributed by atoms with Gasteiger partial charge in [0.2, 0.25) is 11.8 Å². The van der Waals surface area contributed by atoms with E-state index in [-0.39, 0.29) is 17.6 Å². The fourth-order valence-corrected chi connectivity index (χ4v) is 4.27. The Morgan fingerprint density at radius 3 is 2.53 bits per heavy atom. The highest BCUT2D eigenvalue weighted by Crippen LogP contribution is 2.37. The van der Waals surface area contributed by atoms with Crippen molar-refractivity contribution in [2.75, 3.05) is 16.0 Å². The summed E-state index contributed by atoms with van der Waals surface area (Å²) in [7, 11) is 1.90. The van der Waals surface area contributed by atoms with Crippen LogP contribution in [-0.2, 0) is 23.1 Å². The van der Waals surface area contributed by atoms with Gasteiger partial charge in [-0.05, 0) is 31.5 Å². The number of benzene rings is 2. The minimum Gasteiger partial charge on any atom is -0.322 e. The van der Waals surface area contributed by atoms with Crippen LogP contribution in [0.3, 0.4) is 0 Å². The fourth-order valence-electron chi connectivity index (χ4n) is 3.49. The van der Waals surface area contributed by atoms with E-state index in [0.717, 1.165) is 11.4 Å². The Balaban J connectivity index is 1.51. The largest absolute Gasteiger partial charge is 0.322 e. The first-order valence-electron chi connectivity index (χ1n) is 9.66. The fraction of sp³-hybridized carbons (Fsp3) is 0.273. The molecule has 0 unspecified atom stereocenters. The molecular weight excluding hydrogens is 398 g/mol. The Labute approximate surface area is 179 Å². The van der Waals surface area contributed by atoms with Crippen LogP contribution in [0.2, 0.25) is 0 Å². The number of amides is 2. The molecule has 0 aliphatic carbocycles. The summed E-state index contributed by atoms with van der Waals surface area (Å²) >= 11 is 1.32.